The first-order valence-corrected chi connectivity index (χ1v) is 9.39. The summed E-state index contributed by atoms with van der Waals surface area (Å²) in [6.45, 7) is 3.64. The highest BCUT2D eigenvalue weighted by Gasteiger charge is 2.22. The normalized spacial score (nSPS) is 18.3. The predicted molar refractivity (Wildman–Crippen MR) is 98.2 cm³/mol. The summed E-state index contributed by atoms with van der Waals surface area (Å²) >= 11 is 1.95. The summed E-state index contributed by atoms with van der Waals surface area (Å²) in [5.41, 5.74) is 1.45. The standard InChI is InChI=1S/C20H25NOS/c22-18-9-11-19(12-10-18)23-20-13-15-21(16-20)14-5-4-8-17-6-2-1-3-7-17/h1-3,6-7,9-12,20,22H,4-5,8,13-16H2/t20-/m0/s1. The molecule has 0 aromatic heterocycles. The van der Waals surface area contributed by atoms with Gasteiger partial charge in [0.25, 0.3) is 0 Å². The second kappa shape index (κ2) is 8.42. The van der Waals surface area contributed by atoms with Gasteiger partial charge in [0, 0.05) is 16.7 Å². The van der Waals surface area contributed by atoms with E-state index < -0.39 is 0 Å². The van der Waals surface area contributed by atoms with Crippen LogP contribution in [-0.4, -0.2) is 34.9 Å². The molecule has 1 fully saturated rings. The van der Waals surface area contributed by atoms with E-state index in [2.05, 4.69) is 35.2 Å². The fraction of sp³-hybridized carbons (Fsp3) is 0.400. The quantitative estimate of drug-likeness (QED) is 0.753. The zero-order valence-corrected chi connectivity index (χ0v) is 14.3. The second-order valence-electron chi connectivity index (χ2n) is 6.27. The predicted octanol–water partition coefficient (Wildman–Crippen LogP) is 4.58. The first-order valence-electron chi connectivity index (χ1n) is 8.51. The van der Waals surface area contributed by atoms with Gasteiger partial charge in [-0.15, -0.1) is 11.8 Å². The Morgan fingerprint density at radius 1 is 1.00 bits per heavy atom. The number of rotatable bonds is 7. The van der Waals surface area contributed by atoms with Crippen LogP contribution < -0.4 is 0 Å². The summed E-state index contributed by atoms with van der Waals surface area (Å²) in [5, 5.41) is 10.0. The number of aryl methyl sites for hydroxylation is 1. The van der Waals surface area contributed by atoms with Gasteiger partial charge in [-0.3, -0.25) is 0 Å². The Hall–Kier alpha value is -1.45. The van der Waals surface area contributed by atoms with Crippen molar-refractivity contribution < 1.29 is 5.11 Å². The second-order valence-corrected chi connectivity index (χ2v) is 7.64. The van der Waals surface area contributed by atoms with Crippen LogP contribution in [0.3, 0.4) is 0 Å². The van der Waals surface area contributed by atoms with Crippen LogP contribution in [0.2, 0.25) is 0 Å². The van der Waals surface area contributed by atoms with Crippen LogP contribution in [-0.2, 0) is 6.42 Å². The Labute approximate surface area is 143 Å². The molecule has 0 spiro atoms. The fourth-order valence-corrected chi connectivity index (χ4v) is 4.31. The van der Waals surface area contributed by atoms with E-state index in [0.717, 1.165) is 0 Å². The third-order valence-corrected chi connectivity index (χ3v) is 5.66. The van der Waals surface area contributed by atoms with Crippen molar-refractivity contribution >= 4 is 11.8 Å². The average molecular weight is 327 g/mol. The van der Waals surface area contributed by atoms with Crippen LogP contribution >= 0.6 is 11.8 Å². The van der Waals surface area contributed by atoms with Crippen LogP contribution in [0.15, 0.2) is 59.5 Å². The molecule has 1 aliphatic heterocycles. The molecule has 1 N–H and O–H groups in total. The number of hydrogen-bond acceptors (Lipinski definition) is 3. The van der Waals surface area contributed by atoms with Crippen molar-refractivity contribution in [1.29, 1.82) is 0 Å². The molecule has 3 heteroatoms. The van der Waals surface area contributed by atoms with Gasteiger partial charge in [-0.25, -0.2) is 0 Å². The van der Waals surface area contributed by atoms with Crippen LogP contribution in [0.25, 0.3) is 0 Å². The minimum Gasteiger partial charge on any atom is -0.508 e. The molecule has 0 radical (unpaired) electrons. The molecule has 0 saturated carbocycles. The molecule has 2 aromatic carbocycles. The molecule has 1 saturated heterocycles. The van der Waals surface area contributed by atoms with Gasteiger partial charge in [-0.2, -0.15) is 0 Å². The minimum absolute atomic E-state index is 0.348. The number of likely N-dealkylation sites (tertiary alicyclic amines) is 1. The van der Waals surface area contributed by atoms with Crippen molar-refractivity contribution in [3.8, 4) is 5.75 Å². The topological polar surface area (TPSA) is 23.5 Å². The maximum Gasteiger partial charge on any atom is 0.115 e. The van der Waals surface area contributed by atoms with Gasteiger partial charge >= 0.3 is 0 Å². The zero-order chi connectivity index (χ0) is 15.9. The molecule has 122 valence electrons. The fourth-order valence-electron chi connectivity index (χ4n) is 3.12. The minimum atomic E-state index is 0.348. The SMILES string of the molecule is Oc1ccc(S[C@H]2CCN(CCCCc3ccccc3)C2)cc1. The van der Waals surface area contributed by atoms with Gasteiger partial charge in [-0.1, -0.05) is 30.3 Å². The average Bonchev–Trinajstić information content (AvgIpc) is 3.02. The van der Waals surface area contributed by atoms with Crippen LogP contribution in [0.5, 0.6) is 5.75 Å². The molecule has 0 unspecified atom stereocenters. The third-order valence-electron chi connectivity index (χ3n) is 4.40. The first-order chi connectivity index (χ1) is 11.3. The summed E-state index contributed by atoms with van der Waals surface area (Å²) in [6.07, 6.45) is 5.02. The lowest BCUT2D eigenvalue weighted by atomic mass is 10.1. The molecule has 0 aliphatic carbocycles. The lowest BCUT2D eigenvalue weighted by Crippen LogP contribution is -2.22. The number of phenolic OH excluding ortho intramolecular Hbond substituents is 1. The summed E-state index contributed by atoms with van der Waals surface area (Å²) < 4.78 is 0. The van der Waals surface area contributed by atoms with E-state index in [1.807, 2.05) is 23.9 Å². The third kappa shape index (κ3) is 5.29. The molecule has 1 atom stereocenters. The van der Waals surface area contributed by atoms with Gasteiger partial charge in [-0.05, 0) is 68.6 Å². The van der Waals surface area contributed by atoms with Gasteiger partial charge in [0.05, 0.1) is 0 Å². The molecule has 2 nitrogen and oxygen atoms in total. The molecule has 0 bridgehead atoms. The largest absolute Gasteiger partial charge is 0.508 e. The Kier molecular flexibility index (Phi) is 6.00. The number of thioether (sulfide) groups is 1. The Morgan fingerprint density at radius 2 is 1.78 bits per heavy atom. The number of phenols is 1. The summed E-state index contributed by atoms with van der Waals surface area (Å²) in [5.74, 6) is 0.348. The van der Waals surface area contributed by atoms with Gasteiger partial charge < -0.3 is 10.0 Å². The molecule has 1 aliphatic rings. The highest BCUT2D eigenvalue weighted by Crippen LogP contribution is 2.30. The van der Waals surface area contributed by atoms with Crippen LogP contribution in [0, 0.1) is 0 Å². The van der Waals surface area contributed by atoms with E-state index in [0.29, 0.717) is 11.0 Å². The monoisotopic (exact) mass is 327 g/mol. The lowest BCUT2D eigenvalue weighted by molar-refractivity contribution is 0.331. The Balaban J connectivity index is 1.34. The summed E-state index contributed by atoms with van der Waals surface area (Å²) in [6, 6.07) is 18.4. The Bertz CT molecular complexity index is 584. The zero-order valence-electron chi connectivity index (χ0n) is 13.5. The van der Waals surface area contributed by atoms with Crippen LogP contribution in [0.1, 0.15) is 24.8 Å². The number of aromatic hydroxyl groups is 1. The van der Waals surface area contributed by atoms with Crippen molar-refractivity contribution in [3.63, 3.8) is 0 Å². The number of hydrogen-bond donors (Lipinski definition) is 1. The molecule has 1 heterocycles. The smallest absolute Gasteiger partial charge is 0.115 e. The molecule has 23 heavy (non-hydrogen) atoms. The molecule has 3 rings (SSSR count). The summed E-state index contributed by atoms with van der Waals surface area (Å²) in [7, 11) is 0. The summed E-state index contributed by atoms with van der Waals surface area (Å²) in [4.78, 5) is 3.86. The van der Waals surface area contributed by atoms with Crippen molar-refractivity contribution in [2.45, 2.75) is 35.8 Å². The number of nitrogens with zero attached hydrogens (tertiary/aromatic N) is 1. The van der Waals surface area contributed by atoms with Gasteiger partial charge in [0.1, 0.15) is 5.75 Å². The van der Waals surface area contributed by atoms with Gasteiger partial charge in [0.15, 0.2) is 0 Å². The highest BCUT2D eigenvalue weighted by atomic mass is 32.2. The van der Waals surface area contributed by atoms with Gasteiger partial charge in [0.2, 0.25) is 0 Å². The van der Waals surface area contributed by atoms with E-state index in [-0.39, 0.29) is 0 Å². The van der Waals surface area contributed by atoms with E-state index in [4.69, 9.17) is 0 Å². The molecular weight excluding hydrogens is 302 g/mol. The van der Waals surface area contributed by atoms with Crippen molar-refractivity contribution in [2.75, 3.05) is 19.6 Å². The number of unbranched alkanes of at least 4 members (excludes halogenated alkanes) is 1. The molecule has 2 aromatic rings. The van der Waals surface area contributed by atoms with Crippen molar-refractivity contribution in [2.24, 2.45) is 0 Å². The van der Waals surface area contributed by atoms with E-state index in [1.165, 1.54) is 55.8 Å². The number of benzene rings is 2. The van der Waals surface area contributed by atoms with Crippen molar-refractivity contribution in [1.82, 2.24) is 4.90 Å². The van der Waals surface area contributed by atoms with E-state index >= 15 is 0 Å². The first kappa shape index (κ1) is 16.4. The molecule has 0 amide bonds. The van der Waals surface area contributed by atoms with E-state index in [9.17, 15) is 5.11 Å². The maximum absolute atomic E-state index is 9.34. The highest BCUT2D eigenvalue weighted by molar-refractivity contribution is 8.00. The van der Waals surface area contributed by atoms with Crippen molar-refractivity contribution in [3.05, 3.63) is 60.2 Å². The maximum atomic E-state index is 9.34. The lowest BCUT2D eigenvalue weighted by Gasteiger charge is -2.15. The van der Waals surface area contributed by atoms with E-state index in [1.54, 1.807) is 12.1 Å². The molecular formula is C20H25NOS. The van der Waals surface area contributed by atoms with Crippen LogP contribution in [0.4, 0.5) is 0 Å². The Morgan fingerprint density at radius 3 is 2.57 bits per heavy atom.